The molecular weight excluding hydrogens is 510 g/mol. The molecule has 1 aromatic heterocycles. The van der Waals surface area contributed by atoms with Gasteiger partial charge in [-0.3, -0.25) is 0 Å². The Kier molecular flexibility index (Phi) is 8.50. The molecule has 1 N–H and O–H groups in total. The predicted octanol–water partition coefficient (Wildman–Crippen LogP) is 8.39. The third kappa shape index (κ3) is 6.03. The lowest BCUT2D eigenvalue weighted by Crippen LogP contribution is -2.23. The van der Waals surface area contributed by atoms with Gasteiger partial charge in [-0.15, -0.1) is 0 Å². The van der Waals surface area contributed by atoms with E-state index in [4.69, 9.17) is 9.47 Å². The van der Waals surface area contributed by atoms with Crippen LogP contribution in [0.4, 0.5) is 0 Å². The fourth-order valence-corrected chi connectivity index (χ4v) is 6.56. The molecule has 3 aromatic rings. The maximum atomic E-state index is 13.2. The number of carbonyl (C=O) groups excluding carboxylic acids is 1. The summed E-state index contributed by atoms with van der Waals surface area (Å²) in [6, 6.07) is 17.0. The Labute approximate surface area is 245 Å². The van der Waals surface area contributed by atoms with E-state index in [-0.39, 0.29) is 17.3 Å². The summed E-state index contributed by atoms with van der Waals surface area (Å²) < 4.78 is 14.2. The lowest BCUT2D eigenvalue weighted by atomic mass is 9.83. The van der Waals surface area contributed by atoms with E-state index in [0.717, 1.165) is 72.3 Å². The zero-order valence-corrected chi connectivity index (χ0v) is 25.8. The van der Waals surface area contributed by atoms with Crippen LogP contribution >= 0.6 is 0 Å². The molecule has 2 aliphatic carbocycles. The van der Waals surface area contributed by atoms with E-state index >= 15 is 0 Å². The Hall–Kier alpha value is -2.89. The van der Waals surface area contributed by atoms with Crippen LogP contribution in [0.5, 0.6) is 0 Å². The highest BCUT2D eigenvalue weighted by atomic mass is 16.5. The van der Waals surface area contributed by atoms with E-state index in [0.29, 0.717) is 18.8 Å². The number of nitrogens with zero attached hydrogens (tertiary/aromatic N) is 1. The third-order valence-electron chi connectivity index (χ3n) is 9.56. The van der Waals surface area contributed by atoms with Gasteiger partial charge in [0.2, 0.25) is 0 Å². The van der Waals surface area contributed by atoms with Crippen molar-refractivity contribution < 1.29 is 19.4 Å². The lowest BCUT2D eigenvalue weighted by molar-refractivity contribution is -0.0337. The minimum absolute atomic E-state index is 0.127. The van der Waals surface area contributed by atoms with E-state index < -0.39 is 11.7 Å². The van der Waals surface area contributed by atoms with Gasteiger partial charge in [0.05, 0.1) is 36.2 Å². The molecular formula is C36H47NO4. The van der Waals surface area contributed by atoms with Gasteiger partial charge in [0.25, 0.3) is 0 Å². The van der Waals surface area contributed by atoms with Crippen LogP contribution in [-0.4, -0.2) is 22.2 Å². The second-order valence-electron chi connectivity index (χ2n) is 13.0. The summed E-state index contributed by atoms with van der Waals surface area (Å²) in [5, 5.41) is 11.9. The molecule has 5 nitrogen and oxygen atoms in total. The van der Waals surface area contributed by atoms with Crippen molar-refractivity contribution in [3.05, 3.63) is 87.7 Å². The summed E-state index contributed by atoms with van der Waals surface area (Å²) in [6.07, 6.45) is 7.15. The molecule has 2 aliphatic rings. The molecule has 1 atom stereocenters. The number of aromatic nitrogens is 1. The molecule has 220 valence electrons. The van der Waals surface area contributed by atoms with Crippen molar-refractivity contribution in [1.29, 1.82) is 0 Å². The Morgan fingerprint density at radius 3 is 2.39 bits per heavy atom. The number of hydrogen-bond donors (Lipinski definition) is 1. The number of aliphatic hydroxyl groups is 1. The molecule has 1 heterocycles. The van der Waals surface area contributed by atoms with Crippen molar-refractivity contribution in [3.8, 4) is 5.69 Å². The smallest absolute Gasteiger partial charge is 0.340 e. The normalized spacial score (nSPS) is 17.8. The van der Waals surface area contributed by atoms with Gasteiger partial charge in [-0.1, -0.05) is 62.6 Å². The number of benzene rings is 2. The van der Waals surface area contributed by atoms with E-state index in [1.165, 1.54) is 12.0 Å². The maximum Gasteiger partial charge on any atom is 0.340 e. The fourth-order valence-electron chi connectivity index (χ4n) is 6.56. The molecule has 41 heavy (non-hydrogen) atoms. The highest BCUT2D eigenvalue weighted by Gasteiger charge is 2.41. The number of carbonyl (C=O) groups is 1. The molecule has 0 radical (unpaired) electrons. The zero-order valence-electron chi connectivity index (χ0n) is 25.8. The molecule has 2 fully saturated rings. The Bertz CT molecular complexity index is 1380. The number of rotatable bonds is 10. The van der Waals surface area contributed by atoms with Crippen molar-refractivity contribution >= 4 is 5.97 Å². The molecule has 0 amide bonds. The average Bonchev–Trinajstić information content (AvgIpc) is 3.67. The van der Waals surface area contributed by atoms with E-state index in [1.54, 1.807) is 0 Å². The highest BCUT2D eigenvalue weighted by Crippen LogP contribution is 2.49. The van der Waals surface area contributed by atoms with Crippen molar-refractivity contribution in [2.45, 2.75) is 110 Å². The first-order chi connectivity index (χ1) is 19.6. The number of ether oxygens (including phenoxy) is 2. The van der Waals surface area contributed by atoms with Gasteiger partial charge in [-0.05, 0) is 106 Å². The predicted molar refractivity (Wildman–Crippen MR) is 164 cm³/mol. The van der Waals surface area contributed by atoms with Crippen LogP contribution in [0.3, 0.4) is 0 Å². The van der Waals surface area contributed by atoms with E-state index in [1.807, 2.05) is 39.0 Å². The minimum Gasteiger partial charge on any atom is -0.462 e. The van der Waals surface area contributed by atoms with E-state index in [9.17, 15) is 9.90 Å². The molecule has 5 rings (SSSR count). The van der Waals surface area contributed by atoms with Crippen LogP contribution in [-0.2, 0) is 27.1 Å². The van der Waals surface area contributed by atoms with Crippen molar-refractivity contribution in [2.24, 2.45) is 5.92 Å². The van der Waals surface area contributed by atoms with Gasteiger partial charge in [0.1, 0.15) is 0 Å². The second-order valence-corrected chi connectivity index (χ2v) is 13.0. The van der Waals surface area contributed by atoms with Crippen LogP contribution in [0.15, 0.2) is 48.5 Å². The maximum absolute atomic E-state index is 13.2. The van der Waals surface area contributed by atoms with Gasteiger partial charge in [-0.25, -0.2) is 4.79 Å². The molecule has 0 aliphatic heterocycles. The Morgan fingerprint density at radius 1 is 1.07 bits per heavy atom. The molecule has 2 saturated carbocycles. The summed E-state index contributed by atoms with van der Waals surface area (Å²) in [5.41, 5.74) is 7.10. The highest BCUT2D eigenvalue weighted by molar-refractivity contribution is 5.93. The summed E-state index contributed by atoms with van der Waals surface area (Å²) in [4.78, 5) is 13.2. The molecule has 0 spiro atoms. The first-order valence-corrected chi connectivity index (χ1v) is 15.5. The lowest BCUT2D eigenvalue weighted by Gasteiger charge is -2.30. The first-order valence-electron chi connectivity index (χ1n) is 15.5. The van der Waals surface area contributed by atoms with E-state index in [2.05, 4.69) is 55.7 Å². The Morgan fingerprint density at radius 2 is 1.76 bits per heavy atom. The van der Waals surface area contributed by atoms with Crippen molar-refractivity contribution in [3.63, 3.8) is 0 Å². The van der Waals surface area contributed by atoms with Gasteiger partial charge in [0.15, 0.2) is 0 Å². The first kappa shape index (κ1) is 29.6. The van der Waals surface area contributed by atoms with Crippen LogP contribution in [0.1, 0.15) is 123 Å². The second kappa shape index (κ2) is 11.8. The third-order valence-corrected chi connectivity index (χ3v) is 9.56. The monoisotopic (exact) mass is 557 g/mol. The van der Waals surface area contributed by atoms with Gasteiger partial charge in [-0.2, -0.15) is 0 Å². The molecule has 0 saturated heterocycles. The fraction of sp³-hybridized carbons (Fsp3) is 0.528. The summed E-state index contributed by atoms with van der Waals surface area (Å²) in [7, 11) is 0. The standard InChI is InChI=1S/C36H47NO4/c1-7-40-34(39)31-24(2)32(33(38)27-16-12-9-13-17-27)37(25(31)3)30-21-28(20-29(22-30)36(6)18-19-36)35(4,5)41-23-26-14-10-8-11-15-26/h8,10-11,14-15,20-22,27,33,38H,7,9,12-13,16-19,23H2,1-6H3. The number of aliphatic hydroxyl groups excluding tert-OH is 1. The molecule has 5 heteroatoms. The van der Waals surface area contributed by atoms with Crippen LogP contribution in [0.25, 0.3) is 5.69 Å². The van der Waals surface area contributed by atoms with Crippen molar-refractivity contribution in [1.82, 2.24) is 4.57 Å². The van der Waals surface area contributed by atoms with Crippen LogP contribution < -0.4 is 0 Å². The average molecular weight is 558 g/mol. The summed E-state index contributed by atoms with van der Waals surface area (Å²) in [5.74, 6) is -0.143. The van der Waals surface area contributed by atoms with Gasteiger partial charge >= 0.3 is 5.97 Å². The SMILES string of the molecule is CCOC(=O)c1c(C)c(C(O)C2CCCCC2)n(-c2cc(C3(C)CC3)cc(C(C)(C)OCc3ccccc3)c2)c1C. The molecule has 0 bridgehead atoms. The van der Waals surface area contributed by atoms with Gasteiger partial charge in [0, 0.05) is 11.4 Å². The zero-order chi connectivity index (χ0) is 29.4. The number of hydrogen-bond acceptors (Lipinski definition) is 4. The molecule has 2 aromatic carbocycles. The summed E-state index contributed by atoms with van der Waals surface area (Å²) >= 11 is 0. The topological polar surface area (TPSA) is 60.7 Å². The van der Waals surface area contributed by atoms with Crippen LogP contribution in [0.2, 0.25) is 0 Å². The van der Waals surface area contributed by atoms with Crippen molar-refractivity contribution in [2.75, 3.05) is 6.61 Å². The summed E-state index contributed by atoms with van der Waals surface area (Å²) in [6.45, 7) is 13.2. The Balaban J connectivity index is 1.64. The van der Waals surface area contributed by atoms with Crippen LogP contribution in [0, 0.1) is 19.8 Å². The van der Waals surface area contributed by atoms with Gasteiger partial charge < -0.3 is 19.1 Å². The minimum atomic E-state index is -0.650. The number of esters is 1. The quantitative estimate of drug-likeness (QED) is 0.254. The molecule has 1 unspecified atom stereocenters. The largest absolute Gasteiger partial charge is 0.462 e.